The Hall–Kier alpha value is -2.54. The van der Waals surface area contributed by atoms with Gasteiger partial charge in [0.2, 0.25) is 0 Å². The molecular formula is C13H14N4O3. The first kappa shape index (κ1) is 13.9. The van der Waals surface area contributed by atoms with Crippen molar-refractivity contribution in [3.05, 3.63) is 56.4 Å². The number of non-ortho nitro benzene ring substituents is 1. The van der Waals surface area contributed by atoms with Crippen LogP contribution in [0.2, 0.25) is 0 Å². The van der Waals surface area contributed by atoms with E-state index in [2.05, 4.69) is 5.10 Å². The Morgan fingerprint density at radius 3 is 2.50 bits per heavy atom. The monoisotopic (exact) mass is 274 g/mol. The minimum absolute atomic E-state index is 0.0108. The highest BCUT2D eigenvalue weighted by molar-refractivity contribution is 5.60. The van der Waals surface area contributed by atoms with Gasteiger partial charge in [0, 0.05) is 36.3 Å². The van der Waals surface area contributed by atoms with E-state index in [1.165, 1.54) is 16.8 Å². The maximum absolute atomic E-state index is 11.9. The van der Waals surface area contributed by atoms with Crippen molar-refractivity contribution in [3.63, 3.8) is 0 Å². The van der Waals surface area contributed by atoms with Crippen LogP contribution in [-0.4, -0.2) is 14.7 Å². The highest BCUT2D eigenvalue weighted by atomic mass is 16.6. The van der Waals surface area contributed by atoms with E-state index in [1.54, 1.807) is 18.2 Å². The van der Waals surface area contributed by atoms with Gasteiger partial charge >= 0.3 is 0 Å². The molecule has 1 aromatic carbocycles. The third kappa shape index (κ3) is 2.57. The van der Waals surface area contributed by atoms with Gasteiger partial charge in [0.05, 0.1) is 10.6 Å². The Bertz CT molecular complexity index is 664. The van der Waals surface area contributed by atoms with Crippen molar-refractivity contribution in [2.24, 2.45) is 5.73 Å². The molecule has 1 heterocycles. The number of nitro groups is 1. The Balaban J connectivity index is 2.52. The molecule has 7 nitrogen and oxygen atoms in total. The molecule has 0 saturated carbocycles. The molecule has 0 bridgehead atoms. The number of nitrogens with zero attached hydrogens (tertiary/aromatic N) is 3. The van der Waals surface area contributed by atoms with Gasteiger partial charge in [0.1, 0.15) is 0 Å². The van der Waals surface area contributed by atoms with E-state index < -0.39 is 4.92 Å². The molecule has 0 aliphatic heterocycles. The second-order valence-corrected chi connectivity index (χ2v) is 4.18. The van der Waals surface area contributed by atoms with Gasteiger partial charge in [-0.25, -0.2) is 4.68 Å². The lowest BCUT2D eigenvalue weighted by Crippen LogP contribution is -2.27. The van der Waals surface area contributed by atoms with Crippen molar-refractivity contribution in [1.29, 1.82) is 0 Å². The quantitative estimate of drug-likeness (QED) is 0.668. The van der Waals surface area contributed by atoms with Crippen LogP contribution < -0.4 is 11.3 Å². The van der Waals surface area contributed by atoms with E-state index in [0.717, 1.165) is 0 Å². The van der Waals surface area contributed by atoms with Crippen LogP contribution in [0, 0.1) is 10.1 Å². The Kier molecular flexibility index (Phi) is 3.90. The van der Waals surface area contributed by atoms with Crippen molar-refractivity contribution < 1.29 is 4.92 Å². The summed E-state index contributed by atoms with van der Waals surface area (Å²) in [6, 6.07) is 7.63. The Labute approximate surface area is 114 Å². The maximum Gasteiger partial charge on any atom is 0.271 e. The van der Waals surface area contributed by atoms with E-state index >= 15 is 0 Å². The lowest BCUT2D eigenvalue weighted by molar-refractivity contribution is -0.384. The Morgan fingerprint density at radius 1 is 1.35 bits per heavy atom. The van der Waals surface area contributed by atoms with Crippen molar-refractivity contribution >= 4 is 5.69 Å². The summed E-state index contributed by atoms with van der Waals surface area (Å²) in [5.74, 6) is 0. The number of aromatic nitrogens is 2. The number of nitrogens with two attached hydrogens (primary N) is 1. The third-order valence-corrected chi connectivity index (χ3v) is 2.94. The summed E-state index contributed by atoms with van der Waals surface area (Å²) in [6.45, 7) is 2.38. The van der Waals surface area contributed by atoms with Gasteiger partial charge in [-0.3, -0.25) is 14.9 Å². The lowest BCUT2D eigenvalue weighted by Gasteiger charge is -2.08. The number of hydrogen-bond acceptors (Lipinski definition) is 5. The number of benzene rings is 1. The summed E-state index contributed by atoms with van der Waals surface area (Å²) < 4.78 is 1.33. The molecular weight excluding hydrogens is 260 g/mol. The fraction of sp³-hybridized carbons (Fsp3) is 0.231. The fourth-order valence-electron chi connectivity index (χ4n) is 1.85. The molecule has 0 radical (unpaired) electrons. The molecule has 0 unspecified atom stereocenters. The number of aryl methyl sites for hydroxylation is 1. The number of nitro benzene ring substituents is 1. The highest BCUT2D eigenvalue weighted by Crippen LogP contribution is 2.20. The van der Waals surface area contributed by atoms with Gasteiger partial charge in [-0.15, -0.1) is 0 Å². The molecule has 1 aromatic heterocycles. The van der Waals surface area contributed by atoms with Crippen molar-refractivity contribution in [2.75, 3.05) is 0 Å². The van der Waals surface area contributed by atoms with Crippen molar-refractivity contribution in [3.8, 4) is 11.3 Å². The fourth-order valence-corrected chi connectivity index (χ4v) is 1.85. The minimum atomic E-state index is -0.463. The molecule has 0 fully saturated rings. The van der Waals surface area contributed by atoms with Gasteiger partial charge in [-0.2, -0.15) is 5.10 Å². The van der Waals surface area contributed by atoms with Gasteiger partial charge in [-0.05, 0) is 25.1 Å². The van der Waals surface area contributed by atoms with Crippen molar-refractivity contribution in [1.82, 2.24) is 9.78 Å². The van der Waals surface area contributed by atoms with Gasteiger partial charge in [0.15, 0.2) is 0 Å². The van der Waals surface area contributed by atoms with E-state index in [1.807, 2.05) is 6.92 Å². The van der Waals surface area contributed by atoms with Crippen LogP contribution in [0.4, 0.5) is 5.69 Å². The SMILES string of the molecule is CCn1nc(-c2ccc([N+](=O)[O-])cc2)cc(CN)c1=O. The summed E-state index contributed by atoms with van der Waals surface area (Å²) in [5.41, 5.74) is 7.10. The van der Waals surface area contributed by atoms with Crippen LogP contribution in [0.5, 0.6) is 0 Å². The summed E-state index contributed by atoms with van der Waals surface area (Å²) in [4.78, 5) is 22.0. The second kappa shape index (κ2) is 5.62. The normalized spacial score (nSPS) is 10.5. The molecule has 7 heteroatoms. The van der Waals surface area contributed by atoms with Crippen LogP contribution in [0.15, 0.2) is 35.1 Å². The molecule has 2 N–H and O–H groups in total. The molecule has 2 rings (SSSR count). The third-order valence-electron chi connectivity index (χ3n) is 2.94. The first-order valence-corrected chi connectivity index (χ1v) is 6.12. The smallest absolute Gasteiger partial charge is 0.271 e. The van der Waals surface area contributed by atoms with Crippen molar-refractivity contribution in [2.45, 2.75) is 20.0 Å². The highest BCUT2D eigenvalue weighted by Gasteiger charge is 2.10. The average Bonchev–Trinajstić information content (AvgIpc) is 2.47. The summed E-state index contributed by atoms with van der Waals surface area (Å²) >= 11 is 0. The molecule has 0 aliphatic carbocycles. The summed E-state index contributed by atoms with van der Waals surface area (Å²) in [7, 11) is 0. The lowest BCUT2D eigenvalue weighted by atomic mass is 10.1. The summed E-state index contributed by atoms with van der Waals surface area (Å²) in [6.07, 6.45) is 0. The average molecular weight is 274 g/mol. The van der Waals surface area contributed by atoms with Gasteiger partial charge in [0.25, 0.3) is 11.2 Å². The Morgan fingerprint density at radius 2 is 2.00 bits per heavy atom. The molecule has 0 saturated heterocycles. The zero-order valence-electron chi connectivity index (χ0n) is 10.9. The number of rotatable bonds is 4. The second-order valence-electron chi connectivity index (χ2n) is 4.18. The van der Waals surface area contributed by atoms with Crippen LogP contribution in [0.3, 0.4) is 0 Å². The van der Waals surface area contributed by atoms with E-state index in [-0.39, 0.29) is 17.8 Å². The topological polar surface area (TPSA) is 104 Å². The molecule has 20 heavy (non-hydrogen) atoms. The van der Waals surface area contributed by atoms with Crippen LogP contribution in [-0.2, 0) is 13.1 Å². The van der Waals surface area contributed by atoms with E-state index in [4.69, 9.17) is 5.73 Å². The molecule has 0 spiro atoms. The molecule has 104 valence electrons. The zero-order chi connectivity index (χ0) is 14.7. The molecule has 2 aromatic rings. The molecule has 0 aliphatic rings. The predicted octanol–water partition coefficient (Wildman–Crippen LogP) is 1.30. The van der Waals surface area contributed by atoms with Crippen LogP contribution in [0.1, 0.15) is 12.5 Å². The first-order valence-electron chi connectivity index (χ1n) is 6.12. The van der Waals surface area contributed by atoms with Crippen LogP contribution >= 0.6 is 0 Å². The van der Waals surface area contributed by atoms with E-state index in [0.29, 0.717) is 23.4 Å². The predicted molar refractivity (Wildman–Crippen MR) is 74.2 cm³/mol. The van der Waals surface area contributed by atoms with Gasteiger partial charge in [-0.1, -0.05) is 0 Å². The standard InChI is InChI=1S/C13H14N4O3/c1-2-16-13(18)10(8-14)7-12(15-16)9-3-5-11(6-4-9)17(19)20/h3-7H,2,8,14H2,1H3. The van der Waals surface area contributed by atoms with E-state index in [9.17, 15) is 14.9 Å². The largest absolute Gasteiger partial charge is 0.326 e. The minimum Gasteiger partial charge on any atom is -0.326 e. The maximum atomic E-state index is 11.9. The number of hydrogen-bond donors (Lipinski definition) is 1. The molecule has 0 atom stereocenters. The zero-order valence-corrected chi connectivity index (χ0v) is 10.9. The van der Waals surface area contributed by atoms with Crippen LogP contribution in [0.25, 0.3) is 11.3 Å². The first-order chi connectivity index (χ1) is 9.56. The summed E-state index contributed by atoms with van der Waals surface area (Å²) in [5, 5.41) is 14.8. The van der Waals surface area contributed by atoms with Gasteiger partial charge < -0.3 is 5.73 Å². The molecule has 0 amide bonds.